The molecule has 0 saturated carbocycles. The van der Waals surface area contributed by atoms with Gasteiger partial charge in [-0.15, -0.1) is 0 Å². The number of hydrogen-bond donors (Lipinski definition) is 1. The third kappa shape index (κ3) is 5.12. The molecule has 1 N–H and O–H groups in total. The summed E-state index contributed by atoms with van der Waals surface area (Å²) < 4.78 is 6.57. The first kappa shape index (κ1) is 17.5. The Morgan fingerprint density at radius 1 is 1.41 bits per heavy atom. The van der Waals surface area contributed by atoms with Gasteiger partial charge >= 0.3 is 6.09 Å². The predicted octanol–water partition coefficient (Wildman–Crippen LogP) is 3.45. The lowest BCUT2D eigenvalue weighted by Crippen LogP contribution is -2.36. The SMILES string of the molecule is CC(C)(C)OC(=O)N1CCC(C(O)Cc2ccc(I)cc2)C1. The number of aliphatic hydroxyl groups excluding tert-OH is 1. The molecule has 2 rings (SSSR count). The number of carbonyl (C=O) groups is 1. The number of ether oxygens (including phenoxy) is 1. The van der Waals surface area contributed by atoms with E-state index in [-0.39, 0.29) is 12.0 Å². The maximum atomic E-state index is 12.0. The summed E-state index contributed by atoms with van der Waals surface area (Å²) in [4.78, 5) is 13.7. The fourth-order valence-electron chi connectivity index (χ4n) is 2.62. The molecule has 122 valence electrons. The van der Waals surface area contributed by atoms with E-state index < -0.39 is 11.7 Å². The van der Waals surface area contributed by atoms with E-state index in [1.807, 2.05) is 45.0 Å². The Balaban J connectivity index is 1.87. The zero-order valence-electron chi connectivity index (χ0n) is 13.4. The second kappa shape index (κ2) is 7.17. The third-order valence-electron chi connectivity index (χ3n) is 3.78. The Hall–Kier alpha value is -0.820. The summed E-state index contributed by atoms with van der Waals surface area (Å²) in [5.74, 6) is 0.117. The number of benzene rings is 1. The van der Waals surface area contributed by atoms with Crippen molar-refractivity contribution in [2.24, 2.45) is 5.92 Å². The third-order valence-corrected chi connectivity index (χ3v) is 4.50. The maximum Gasteiger partial charge on any atom is 0.410 e. The van der Waals surface area contributed by atoms with Crippen LogP contribution in [0.1, 0.15) is 32.8 Å². The molecule has 1 aromatic carbocycles. The summed E-state index contributed by atoms with van der Waals surface area (Å²) in [7, 11) is 0. The van der Waals surface area contributed by atoms with Crippen LogP contribution in [0.25, 0.3) is 0 Å². The summed E-state index contributed by atoms with van der Waals surface area (Å²) in [5.41, 5.74) is 0.651. The van der Waals surface area contributed by atoms with E-state index in [9.17, 15) is 9.90 Å². The van der Waals surface area contributed by atoms with E-state index >= 15 is 0 Å². The largest absolute Gasteiger partial charge is 0.444 e. The lowest BCUT2D eigenvalue weighted by Gasteiger charge is -2.25. The lowest BCUT2D eigenvalue weighted by molar-refractivity contribution is 0.0269. The Morgan fingerprint density at radius 3 is 2.64 bits per heavy atom. The molecule has 1 aromatic rings. The van der Waals surface area contributed by atoms with Crippen LogP contribution in [0.15, 0.2) is 24.3 Å². The van der Waals surface area contributed by atoms with E-state index in [4.69, 9.17) is 4.74 Å². The van der Waals surface area contributed by atoms with E-state index in [1.54, 1.807) is 4.90 Å². The second-order valence-corrected chi connectivity index (χ2v) is 8.12. The van der Waals surface area contributed by atoms with Crippen LogP contribution in [0.5, 0.6) is 0 Å². The van der Waals surface area contributed by atoms with Crippen LogP contribution in [-0.4, -0.2) is 40.9 Å². The quantitative estimate of drug-likeness (QED) is 0.767. The number of nitrogens with zero attached hydrogens (tertiary/aromatic N) is 1. The molecule has 1 fully saturated rings. The first-order valence-corrected chi connectivity index (χ1v) is 8.73. The minimum atomic E-state index is -0.477. The van der Waals surface area contributed by atoms with E-state index in [0.29, 0.717) is 19.5 Å². The van der Waals surface area contributed by atoms with Gasteiger partial charge in [-0.25, -0.2) is 4.79 Å². The number of hydrogen-bond acceptors (Lipinski definition) is 3. The van der Waals surface area contributed by atoms with Crippen LogP contribution in [0.4, 0.5) is 4.79 Å². The van der Waals surface area contributed by atoms with Crippen LogP contribution in [0.3, 0.4) is 0 Å². The lowest BCUT2D eigenvalue weighted by atomic mass is 9.95. The maximum absolute atomic E-state index is 12.0. The smallest absolute Gasteiger partial charge is 0.410 e. The molecule has 0 aliphatic carbocycles. The zero-order valence-corrected chi connectivity index (χ0v) is 15.5. The minimum Gasteiger partial charge on any atom is -0.444 e. The highest BCUT2D eigenvalue weighted by molar-refractivity contribution is 14.1. The molecule has 4 nitrogen and oxygen atoms in total. The normalized spacial score (nSPS) is 20.0. The zero-order chi connectivity index (χ0) is 16.3. The van der Waals surface area contributed by atoms with Gasteiger partial charge in [0.2, 0.25) is 0 Å². The fourth-order valence-corrected chi connectivity index (χ4v) is 2.98. The van der Waals surface area contributed by atoms with E-state index in [0.717, 1.165) is 12.0 Å². The van der Waals surface area contributed by atoms with Gasteiger partial charge in [-0.2, -0.15) is 0 Å². The van der Waals surface area contributed by atoms with Gasteiger partial charge in [0.1, 0.15) is 5.60 Å². The Bertz CT molecular complexity index is 510. The summed E-state index contributed by atoms with van der Waals surface area (Å²) >= 11 is 2.27. The number of likely N-dealkylation sites (tertiary alicyclic amines) is 1. The average molecular weight is 417 g/mol. The molecule has 0 aromatic heterocycles. The van der Waals surface area contributed by atoms with Crippen molar-refractivity contribution in [3.63, 3.8) is 0 Å². The summed E-state index contributed by atoms with van der Waals surface area (Å²) in [6.07, 6.45) is 0.748. The van der Waals surface area contributed by atoms with Gasteiger partial charge in [0.05, 0.1) is 6.10 Å². The van der Waals surface area contributed by atoms with Crippen molar-refractivity contribution < 1.29 is 14.6 Å². The summed E-state index contributed by atoms with van der Waals surface area (Å²) in [6, 6.07) is 8.19. The van der Waals surface area contributed by atoms with Crippen LogP contribution < -0.4 is 0 Å². The van der Waals surface area contributed by atoms with Crippen molar-refractivity contribution in [2.75, 3.05) is 13.1 Å². The van der Waals surface area contributed by atoms with Crippen molar-refractivity contribution in [2.45, 2.75) is 45.3 Å². The fraction of sp³-hybridized carbons (Fsp3) is 0.588. The van der Waals surface area contributed by atoms with Crippen LogP contribution >= 0.6 is 22.6 Å². The van der Waals surface area contributed by atoms with E-state index in [1.165, 1.54) is 3.57 Å². The molecular weight excluding hydrogens is 393 g/mol. The highest BCUT2D eigenvalue weighted by Gasteiger charge is 2.33. The molecule has 5 heteroatoms. The van der Waals surface area contributed by atoms with Crippen LogP contribution in [0, 0.1) is 9.49 Å². The van der Waals surface area contributed by atoms with Crippen LogP contribution in [-0.2, 0) is 11.2 Å². The van der Waals surface area contributed by atoms with Gasteiger partial charge in [0.25, 0.3) is 0 Å². The molecule has 1 aliphatic heterocycles. The number of carbonyl (C=O) groups excluding carboxylic acids is 1. The summed E-state index contributed by atoms with van der Waals surface area (Å²) in [5, 5.41) is 10.4. The second-order valence-electron chi connectivity index (χ2n) is 6.87. The molecule has 2 unspecified atom stereocenters. The molecule has 2 atom stereocenters. The van der Waals surface area contributed by atoms with Crippen molar-refractivity contribution >= 4 is 28.7 Å². The molecule has 1 saturated heterocycles. The molecule has 1 heterocycles. The number of rotatable bonds is 3. The first-order chi connectivity index (χ1) is 10.2. The average Bonchev–Trinajstić information content (AvgIpc) is 2.89. The van der Waals surface area contributed by atoms with Crippen molar-refractivity contribution in [1.29, 1.82) is 0 Å². The molecule has 0 bridgehead atoms. The molecular formula is C17H24INO3. The van der Waals surface area contributed by atoms with Gasteiger partial charge in [-0.3, -0.25) is 0 Å². The van der Waals surface area contributed by atoms with Crippen molar-refractivity contribution in [3.8, 4) is 0 Å². The predicted molar refractivity (Wildman–Crippen MR) is 94.8 cm³/mol. The highest BCUT2D eigenvalue weighted by Crippen LogP contribution is 2.24. The first-order valence-electron chi connectivity index (χ1n) is 7.65. The molecule has 1 aliphatic rings. The number of halogens is 1. The highest BCUT2D eigenvalue weighted by atomic mass is 127. The monoisotopic (exact) mass is 417 g/mol. The summed E-state index contributed by atoms with van der Waals surface area (Å²) in [6.45, 7) is 6.82. The van der Waals surface area contributed by atoms with E-state index in [2.05, 4.69) is 22.6 Å². The Kier molecular flexibility index (Phi) is 5.71. The van der Waals surface area contributed by atoms with Gasteiger partial charge < -0.3 is 14.7 Å². The number of aliphatic hydroxyl groups is 1. The molecule has 1 amide bonds. The molecule has 0 spiro atoms. The topological polar surface area (TPSA) is 49.8 Å². The standard InChI is InChI=1S/C17H24INO3/c1-17(2,3)22-16(21)19-9-8-13(11-19)15(20)10-12-4-6-14(18)7-5-12/h4-7,13,15,20H,8-11H2,1-3H3. The van der Waals surface area contributed by atoms with Crippen LogP contribution in [0.2, 0.25) is 0 Å². The van der Waals surface area contributed by atoms with Gasteiger partial charge in [-0.05, 0) is 73.9 Å². The molecule has 22 heavy (non-hydrogen) atoms. The van der Waals surface area contributed by atoms with Gasteiger partial charge in [-0.1, -0.05) is 12.1 Å². The Labute approximate surface area is 146 Å². The van der Waals surface area contributed by atoms with Crippen molar-refractivity contribution in [1.82, 2.24) is 4.90 Å². The van der Waals surface area contributed by atoms with Gasteiger partial charge in [0, 0.05) is 22.6 Å². The van der Waals surface area contributed by atoms with Gasteiger partial charge in [0.15, 0.2) is 0 Å². The van der Waals surface area contributed by atoms with Crippen molar-refractivity contribution in [3.05, 3.63) is 33.4 Å². The molecule has 0 radical (unpaired) electrons. The number of amides is 1. The Morgan fingerprint density at radius 2 is 2.05 bits per heavy atom. The minimum absolute atomic E-state index is 0.117.